The average molecular weight is 269 g/mol. The van der Waals surface area contributed by atoms with E-state index in [1.165, 1.54) is 12.1 Å². The first kappa shape index (κ1) is 15.1. The minimum Gasteiger partial charge on any atom is -0.488 e. The van der Waals surface area contributed by atoms with Gasteiger partial charge in [-0.05, 0) is 20.3 Å². The molecular formula is C13H20FN3O2. The van der Waals surface area contributed by atoms with Crippen LogP contribution in [0.4, 0.5) is 15.8 Å². The molecule has 0 aromatic heterocycles. The molecule has 1 rings (SSSR count). The van der Waals surface area contributed by atoms with Crippen molar-refractivity contribution in [3.05, 3.63) is 17.9 Å². The molecule has 0 radical (unpaired) electrons. The number of benzene rings is 1. The molecular weight excluding hydrogens is 249 g/mol. The van der Waals surface area contributed by atoms with Crippen LogP contribution in [0, 0.1) is 5.82 Å². The van der Waals surface area contributed by atoms with Gasteiger partial charge in [0.05, 0.1) is 17.5 Å². The van der Waals surface area contributed by atoms with Gasteiger partial charge < -0.3 is 21.5 Å². The fourth-order valence-electron chi connectivity index (χ4n) is 1.55. The Morgan fingerprint density at radius 1 is 1.47 bits per heavy atom. The van der Waals surface area contributed by atoms with Gasteiger partial charge in [-0.2, -0.15) is 0 Å². The van der Waals surface area contributed by atoms with Gasteiger partial charge in [0.1, 0.15) is 0 Å². The van der Waals surface area contributed by atoms with E-state index in [1.54, 1.807) is 0 Å². The number of hydrogen-bond donors (Lipinski definition) is 3. The average Bonchev–Trinajstić information content (AvgIpc) is 2.29. The minimum absolute atomic E-state index is 0.124. The molecule has 1 aromatic rings. The maximum absolute atomic E-state index is 13.6. The highest BCUT2D eigenvalue weighted by atomic mass is 19.1. The molecule has 0 heterocycles. The highest BCUT2D eigenvalue weighted by Gasteiger charge is 2.10. The largest absolute Gasteiger partial charge is 0.488 e. The number of amides is 1. The first-order valence-corrected chi connectivity index (χ1v) is 6.18. The van der Waals surface area contributed by atoms with E-state index >= 15 is 0 Å². The second kappa shape index (κ2) is 6.82. The molecule has 0 saturated carbocycles. The molecule has 0 bridgehead atoms. The van der Waals surface area contributed by atoms with Crippen molar-refractivity contribution >= 4 is 17.3 Å². The number of nitrogens with two attached hydrogens (primary N) is 2. The van der Waals surface area contributed by atoms with Crippen LogP contribution in [0.25, 0.3) is 0 Å². The monoisotopic (exact) mass is 269 g/mol. The van der Waals surface area contributed by atoms with Crippen LogP contribution in [0.15, 0.2) is 12.1 Å². The van der Waals surface area contributed by atoms with Crippen LogP contribution in [0.2, 0.25) is 0 Å². The smallest absolute Gasteiger partial charge is 0.217 e. The molecule has 0 saturated heterocycles. The van der Waals surface area contributed by atoms with Crippen LogP contribution in [0.1, 0.15) is 26.7 Å². The summed E-state index contributed by atoms with van der Waals surface area (Å²) >= 11 is 0. The van der Waals surface area contributed by atoms with Crippen LogP contribution >= 0.6 is 0 Å². The molecule has 6 heteroatoms. The second-order valence-electron chi connectivity index (χ2n) is 4.53. The number of carbonyl (C=O) groups excluding carboxylic acids is 1. The number of nitrogens with one attached hydrogen (secondary N) is 1. The van der Waals surface area contributed by atoms with Crippen LogP contribution < -0.4 is 21.5 Å². The van der Waals surface area contributed by atoms with Gasteiger partial charge in [-0.1, -0.05) is 0 Å². The van der Waals surface area contributed by atoms with Gasteiger partial charge in [0, 0.05) is 25.1 Å². The first-order valence-electron chi connectivity index (χ1n) is 6.18. The Balaban J connectivity index is 2.69. The molecule has 1 amide bonds. The predicted molar refractivity (Wildman–Crippen MR) is 73.5 cm³/mol. The van der Waals surface area contributed by atoms with Crippen molar-refractivity contribution in [1.29, 1.82) is 0 Å². The molecule has 0 spiro atoms. The second-order valence-corrected chi connectivity index (χ2v) is 4.53. The van der Waals surface area contributed by atoms with Gasteiger partial charge in [0.15, 0.2) is 11.6 Å². The third kappa shape index (κ3) is 5.03. The van der Waals surface area contributed by atoms with Crippen LogP contribution in [0.3, 0.4) is 0 Å². The lowest BCUT2D eigenvalue weighted by Crippen LogP contribution is -2.13. The van der Waals surface area contributed by atoms with Crippen LogP contribution in [-0.2, 0) is 4.79 Å². The summed E-state index contributed by atoms with van der Waals surface area (Å²) in [5.74, 6) is -0.687. The summed E-state index contributed by atoms with van der Waals surface area (Å²) in [5.41, 5.74) is 11.6. The molecule has 0 fully saturated rings. The molecule has 0 atom stereocenters. The van der Waals surface area contributed by atoms with E-state index in [0.717, 1.165) is 0 Å². The Morgan fingerprint density at radius 2 is 2.16 bits per heavy atom. The zero-order valence-corrected chi connectivity index (χ0v) is 11.2. The molecule has 0 aliphatic carbocycles. The Labute approximate surface area is 112 Å². The Hall–Kier alpha value is -1.98. The number of nitrogen functional groups attached to an aromatic ring is 1. The maximum atomic E-state index is 13.6. The predicted octanol–water partition coefficient (Wildman–Crippen LogP) is 1.87. The topological polar surface area (TPSA) is 90.4 Å². The van der Waals surface area contributed by atoms with Gasteiger partial charge in [-0.25, -0.2) is 4.39 Å². The Bertz CT molecular complexity index is 450. The highest BCUT2D eigenvalue weighted by Crippen LogP contribution is 2.28. The van der Waals surface area contributed by atoms with Gasteiger partial charge >= 0.3 is 0 Å². The van der Waals surface area contributed by atoms with Crippen molar-refractivity contribution in [2.45, 2.75) is 32.8 Å². The first-order chi connectivity index (χ1) is 8.90. The summed E-state index contributed by atoms with van der Waals surface area (Å²) < 4.78 is 18.9. The molecule has 5 N–H and O–H groups in total. The van der Waals surface area contributed by atoms with Crippen molar-refractivity contribution in [3.63, 3.8) is 0 Å². The lowest BCUT2D eigenvalue weighted by molar-refractivity contribution is -0.118. The third-order valence-corrected chi connectivity index (χ3v) is 2.38. The Kier molecular flexibility index (Phi) is 5.41. The van der Waals surface area contributed by atoms with Crippen molar-refractivity contribution in [3.8, 4) is 5.75 Å². The van der Waals surface area contributed by atoms with Crippen LogP contribution in [0.5, 0.6) is 5.75 Å². The fraction of sp³-hybridized carbons (Fsp3) is 0.462. The summed E-state index contributed by atoms with van der Waals surface area (Å²) in [6.45, 7) is 4.16. The summed E-state index contributed by atoms with van der Waals surface area (Å²) in [6.07, 6.45) is 0.761. The van der Waals surface area contributed by atoms with E-state index in [4.69, 9.17) is 16.2 Å². The van der Waals surface area contributed by atoms with E-state index in [2.05, 4.69) is 5.32 Å². The molecule has 0 aliphatic heterocycles. The lowest BCUT2D eigenvalue weighted by atomic mass is 10.2. The normalized spacial score (nSPS) is 10.5. The van der Waals surface area contributed by atoms with E-state index in [9.17, 15) is 9.18 Å². The van der Waals surface area contributed by atoms with Gasteiger partial charge in [-0.3, -0.25) is 4.79 Å². The van der Waals surface area contributed by atoms with Crippen molar-refractivity contribution < 1.29 is 13.9 Å². The molecule has 106 valence electrons. The molecule has 0 unspecified atom stereocenters. The number of carbonyl (C=O) groups is 1. The number of hydrogen-bond acceptors (Lipinski definition) is 4. The minimum atomic E-state index is -0.492. The summed E-state index contributed by atoms with van der Waals surface area (Å²) in [7, 11) is 0. The summed E-state index contributed by atoms with van der Waals surface area (Å²) in [5, 5.41) is 3.03. The number of rotatable bonds is 7. The highest BCUT2D eigenvalue weighted by molar-refractivity contribution is 5.73. The van der Waals surface area contributed by atoms with Crippen molar-refractivity contribution in [1.82, 2.24) is 0 Å². The zero-order valence-electron chi connectivity index (χ0n) is 11.2. The molecule has 19 heavy (non-hydrogen) atoms. The van der Waals surface area contributed by atoms with Crippen LogP contribution in [-0.4, -0.2) is 18.6 Å². The molecule has 5 nitrogen and oxygen atoms in total. The van der Waals surface area contributed by atoms with Crippen molar-refractivity contribution in [2.75, 3.05) is 17.6 Å². The zero-order chi connectivity index (χ0) is 14.4. The molecule has 1 aromatic carbocycles. The SMILES string of the molecule is CC(C)Oc1cc(NCCCC(N)=O)c(N)cc1F. The Morgan fingerprint density at radius 3 is 2.74 bits per heavy atom. The summed E-state index contributed by atoms with van der Waals surface area (Å²) in [6, 6.07) is 2.74. The quantitative estimate of drug-likeness (QED) is 0.520. The maximum Gasteiger partial charge on any atom is 0.217 e. The lowest BCUT2D eigenvalue weighted by Gasteiger charge is -2.14. The number of ether oxygens (including phenoxy) is 1. The summed E-state index contributed by atoms with van der Waals surface area (Å²) in [4.78, 5) is 10.6. The number of primary amides is 1. The van der Waals surface area contributed by atoms with E-state index in [1.807, 2.05) is 13.8 Å². The van der Waals surface area contributed by atoms with Gasteiger partial charge in [0.25, 0.3) is 0 Å². The van der Waals surface area contributed by atoms with Gasteiger partial charge in [-0.15, -0.1) is 0 Å². The van der Waals surface area contributed by atoms with E-state index in [0.29, 0.717) is 30.8 Å². The van der Waals surface area contributed by atoms with Gasteiger partial charge in [0.2, 0.25) is 5.91 Å². The molecule has 0 aliphatic rings. The fourth-order valence-corrected chi connectivity index (χ4v) is 1.55. The standard InChI is InChI=1S/C13H20FN3O2/c1-8(2)19-12-7-11(10(15)6-9(12)14)17-5-3-4-13(16)18/h6-8,17H,3-5,15H2,1-2H3,(H2,16,18). The van der Waals surface area contributed by atoms with E-state index in [-0.39, 0.29) is 17.8 Å². The van der Waals surface area contributed by atoms with E-state index < -0.39 is 5.82 Å². The third-order valence-electron chi connectivity index (χ3n) is 2.38. The number of anilines is 2. The number of halogens is 1. The van der Waals surface area contributed by atoms with Crippen molar-refractivity contribution in [2.24, 2.45) is 5.73 Å².